The Labute approximate surface area is 169 Å². The highest BCUT2D eigenvalue weighted by Gasteiger charge is 2.42. The molecule has 0 saturated carbocycles. The molecule has 2 unspecified atom stereocenters. The van der Waals surface area contributed by atoms with Crippen LogP contribution >= 0.6 is 0 Å². The van der Waals surface area contributed by atoms with Gasteiger partial charge in [-0.3, -0.25) is 19.2 Å². The number of nitrogens with one attached hydrogen (secondary N) is 1. The summed E-state index contributed by atoms with van der Waals surface area (Å²) in [4.78, 5) is 52.1. The summed E-state index contributed by atoms with van der Waals surface area (Å²) < 4.78 is 0. The Balaban J connectivity index is 1.98. The molecule has 2 rings (SSSR count). The minimum Gasteiger partial charge on any atom is -0.391 e. The number of aliphatic hydroxyl groups excluding tert-OH is 2. The van der Waals surface area contributed by atoms with Gasteiger partial charge in [-0.1, -0.05) is 0 Å². The number of likely N-dealkylation sites (tertiary alicyclic amines) is 2. The molecule has 2 aliphatic heterocycles. The molecule has 0 radical (unpaired) electrons. The zero-order valence-corrected chi connectivity index (χ0v) is 16.8. The first-order valence-corrected chi connectivity index (χ1v) is 9.85. The van der Waals surface area contributed by atoms with E-state index in [1.165, 1.54) is 23.6 Å². The Bertz CT molecular complexity index is 655. The van der Waals surface area contributed by atoms with Crippen molar-refractivity contribution < 1.29 is 29.4 Å². The number of rotatable bonds is 7. The van der Waals surface area contributed by atoms with Gasteiger partial charge in [0, 0.05) is 19.6 Å². The fourth-order valence-electron chi connectivity index (χ4n) is 3.77. The molecule has 0 aromatic rings. The smallest absolute Gasteiger partial charge is 0.245 e. The number of aliphatic hydroxyl groups is 2. The standard InChI is InChI=1S/C18H31N5O6/c1-9(24)13(19)18(29)23-6-3-4-12(23)17(28)22-7-5-11(8-22)16(27)21-14(10(2)25)15(20)26/h9-14,24-25H,3-8,19H2,1-2H3,(H2,20,26)(H,21,27)/t9-,10-,11?,12+,13+,14?/m1/s1. The average Bonchev–Trinajstić information content (AvgIpc) is 3.32. The molecule has 7 N–H and O–H groups in total. The van der Waals surface area contributed by atoms with Crippen LogP contribution in [0.25, 0.3) is 0 Å². The SMILES string of the molecule is C[C@@H](O)C(NC(=O)C1CCN(C(=O)[C@@H]2CCCN2C(=O)[C@@H](N)[C@@H](C)O)C1)C(N)=O. The molecule has 2 saturated heterocycles. The molecule has 0 aromatic heterocycles. The predicted octanol–water partition coefficient (Wildman–Crippen LogP) is -3.12. The second kappa shape index (κ2) is 9.51. The molecular formula is C18H31N5O6. The summed E-state index contributed by atoms with van der Waals surface area (Å²) in [6.45, 7) is 3.66. The lowest BCUT2D eigenvalue weighted by Gasteiger charge is -2.30. The lowest BCUT2D eigenvalue weighted by Crippen LogP contribution is -2.55. The summed E-state index contributed by atoms with van der Waals surface area (Å²) in [6, 6.07) is -2.95. The van der Waals surface area contributed by atoms with Crippen molar-refractivity contribution in [3.05, 3.63) is 0 Å². The summed E-state index contributed by atoms with van der Waals surface area (Å²) in [5.41, 5.74) is 10.9. The molecule has 2 fully saturated rings. The molecule has 0 spiro atoms. The predicted molar refractivity (Wildman–Crippen MR) is 102 cm³/mol. The van der Waals surface area contributed by atoms with Gasteiger partial charge >= 0.3 is 0 Å². The van der Waals surface area contributed by atoms with E-state index < -0.39 is 54.0 Å². The van der Waals surface area contributed by atoms with Crippen molar-refractivity contribution in [2.24, 2.45) is 17.4 Å². The van der Waals surface area contributed by atoms with Crippen LogP contribution in [0.3, 0.4) is 0 Å². The van der Waals surface area contributed by atoms with Gasteiger partial charge in [-0.2, -0.15) is 0 Å². The van der Waals surface area contributed by atoms with Crippen LogP contribution in [0.2, 0.25) is 0 Å². The average molecular weight is 413 g/mol. The maximum Gasteiger partial charge on any atom is 0.245 e. The molecule has 0 aliphatic carbocycles. The minimum atomic E-state index is -1.20. The van der Waals surface area contributed by atoms with Gasteiger partial charge in [0.2, 0.25) is 23.6 Å². The third kappa shape index (κ3) is 5.22. The van der Waals surface area contributed by atoms with Crippen LogP contribution in [0, 0.1) is 5.92 Å². The molecule has 29 heavy (non-hydrogen) atoms. The summed E-state index contributed by atoms with van der Waals surface area (Å²) in [5, 5.41) is 21.6. The number of nitrogens with two attached hydrogens (primary N) is 2. The first kappa shape index (κ1) is 23.0. The minimum absolute atomic E-state index is 0.150. The molecule has 6 atom stereocenters. The second-order valence-corrected chi connectivity index (χ2v) is 7.86. The Morgan fingerprint density at radius 1 is 1.07 bits per heavy atom. The van der Waals surface area contributed by atoms with Crippen LogP contribution in [-0.2, 0) is 19.2 Å². The molecule has 2 aliphatic rings. The largest absolute Gasteiger partial charge is 0.391 e. The van der Waals surface area contributed by atoms with Crippen LogP contribution in [0.15, 0.2) is 0 Å². The van der Waals surface area contributed by atoms with Crippen molar-refractivity contribution in [2.45, 2.75) is 63.4 Å². The zero-order valence-electron chi connectivity index (χ0n) is 16.8. The summed E-state index contributed by atoms with van der Waals surface area (Å²) in [5.74, 6) is -2.56. The summed E-state index contributed by atoms with van der Waals surface area (Å²) in [6.07, 6.45) is -0.605. The Kier molecular flexibility index (Phi) is 7.55. The Morgan fingerprint density at radius 2 is 1.72 bits per heavy atom. The van der Waals surface area contributed by atoms with E-state index in [1.54, 1.807) is 0 Å². The first-order chi connectivity index (χ1) is 13.5. The molecule has 164 valence electrons. The highest BCUT2D eigenvalue weighted by molar-refractivity contribution is 5.92. The van der Waals surface area contributed by atoms with E-state index >= 15 is 0 Å². The van der Waals surface area contributed by atoms with Crippen molar-refractivity contribution in [3.63, 3.8) is 0 Å². The van der Waals surface area contributed by atoms with E-state index in [0.717, 1.165) is 0 Å². The number of nitrogens with zero attached hydrogens (tertiary/aromatic N) is 2. The lowest BCUT2D eigenvalue weighted by molar-refractivity contribution is -0.145. The fourth-order valence-corrected chi connectivity index (χ4v) is 3.77. The number of carbonyl (C=O) groups excluding carboxylic acids is 4. The number of carbonyl (C=O) groups is 4. The topological polar surface area (TPSA) is 179 Å². The van der Waals surface area contributed by atoms with Crippen molar-refractivity contribution in [1.82, 2.24) is 15.1 Å². The van der Waals surface area contributed by atoms with E-state index in [2.05, 4.69) is 5.32 Å². The van der Waals surface area contributed by atoms with E-state index in [0.29, 0.717) is 32.4 Å². The Hall–Kier alpha value is -2.24. The lowest BCUT2D eigenvalue weighted by atomic mass is 10.1. The molecule has 0 bridgehead atoms. The van der Waals surface area contributed by atoms with Crippen LogP contribution in [0.5, 0.6) is 0 Å². The van der Waals surface area contributed by atoms with Gasteiger partial charge in [0.05, 0.1) is 18.1 Å². The summed E-state index contributed by atoms with van der Waals surface area (Å²) >= 11 is 0. The molecule has 4 amide bonds. The second-order valence-electron chi connectivity index (χ2n) is 7.86. The third-order valence-corrected chi connectivity index (χ3v) is 5.58. The highest BCUT2D eigenvalue weighted by Crippen LogP contribution is 2.24. The van der Waals surface area contributed by atoms with E-state index in [9.17, 15) is 29.4 Å². The van der Waals surface area contributed by atoms with Gasteiger partial charge in [-0.25, -0.2) is 0 Å². The molecular weight excluding hydrogens is 382 g/mol. The van der Waals surface area contributed by atoms with Gasteiger partial charge in [-0.15, -0.1) is 0 Å². The van der Waals surface area contributed by atoms with E-state index in [4.69, 9.17) is 11.5 Å². The van der Waals surface area contributed by atoms with Gasteiger partial charge in [-0.05, 0) is 33.1 Å². The fraction of sp³-hybridized carbons (Fsp3) is 0.778. The van der Waals surface area contributed by atoms with Crippen LogP contribution in [-0.4, -0.2) is 93.6 Å². The summed E-state index contributed by atoms with van der Waals surface area (Å²) in [7, 11) is 0. The van der Waals surface area contributed by atoms with Crippen molar-refractivity contribution in [2.75, 3.05) is 19.6 Å². The number of primary amides is 1. The number of hydrogen-bond donors (Lipinski definition) is 5. The van der Waals surface area contributed by atoms with Gasteiger partial charge in [0.15, 0.2) is 0 Å². The molecule has 2 heterocycles. The van der Waals surface area contributed by atoms with Crippen LogP contribution in [0.1, 0.15) is 33.1 Å². The molecule has 11 heteroatoms. The Morgan fingerprint density at radius 3 is 2.28 bits per heavy atom. The van der Waals surface area contributed by atoms with Gasteiger partial charge in [0.1, 0.15) is 18.1 Å². The zero-order chi connectivity index (χ0) is 21.9. The van der Waals surface area contributed by atoms with E-state index in [-0.39, 0.29) is 12.5 Å². The van der Waals surface area contributed by atoms with Crippen molar-refractivity contribution >= 4 is 23.6 Å². The molecule has 11 nitrogen and oxygen atoms in total. The van der Waals surface area contributed by atoms with Crippen molar-refractivity contribution in [3.8, 4) is 0 Å². The first-order valence-electron chi connectivity index (χ1n) is 9.85. The van der Waals surface area contributed by atoms with Crippen LogP contribution in [0.4, 0.5) is 0 Å². The van der Waals surface area contributed by atoms with Crippen molar-refractivity contribution in [1.29, 1.82) is 0 Å². The highest BCUT2D eigenvalue weighted by atomic mass is 16.3. The van der Waals surface area contributed by atoms with E-state index in [1.807, 2.05) is 0 Å². The normalized spacial score (nSPS) is 26.0. The maximum atomic E-state index is 12.9. The molecule has 0 aromatic carbocycles. The number of amides is 4. The monoisotopic (exact) mass is 413 g/mol. The van der Waals surface area contributed by atoms with Gasteiger partial charge < -0.3 is 36.8 Å². The van der Waals surface area contributed by atoms with Gasteiger partial charge in [0.25, 0.3) is 0 Å². The third-order valence-electron chi connectivity index (χ3n) is 5.58. The van der Waals surface area contributed by atoms with Crippen LogP contribution < -0.4 is 16.8 Å². The number of hydrogen-bond acceptors (Lipinski definition) is 7. The quantitative estimate of drug-likeness (QED) is 0.293. The maximum absolute atomic E-state index is 12.9.